The molecule has 0 saturated carbocycles. The van der Waals surface area contributed by atoms with Crippen LogP contribution in [0, 0.1) is 0 Å². The number of nitrogens with zero attached hydrogens (tertiary/aromatic N) is 2. The zero-order chi connectivity index (χ0) is 19.2. The maximum atomic E-state index is 12.6. The summed E-state index contributed by atoms with van der Waals surface area (Å²) in [6.07, 6.45) is 5.25. The Labute approximate surface area is 159 Å². The van der Waals surface area contributed by atoms with E-state index in [0.29, 0.717) is 28.5 Å². The number of anilines is 2. The molecule has 1 N–H and O–H groups in total. The van der Waals surface area contributed by atoms with Crippen molar-refractivity contribution in [2.45, 2.75) is 19.3 Å². The molecule has 1 fully saturated rings. The Hall–Kier alpha value is -2.96. The molecule has 0 radical (unpaired) electrons. The Morgan fingerprint density at radius 2 is 1.67 bits per heavy atom. The molecule has 1 amide bonds. The smallest absolute Gasteiger partial charge is 0.257 e. The second-order valence-corrected chi connectivity index (χ2v) is 6.32. The lowest BCUT2D eigenvalue weighted by Crippen LogP contribution is -2.30. The van der Waals surface area contributed by atoms with Gasteiger partial charge in [-0.15, -0.1) is 0 Å². The number of pyridine rings is 1. The molecule has 1 aromatic carbocycles. The average Bonchev–Trinajstić information content (AvgIpc) is 2.73. The van der Waals surface area contributed by atoms with Crippen molar-refractivity contribution < 1.29 is 19.0 Å². The summed E-state index contributed by atoms with van der Waals surface area (Å²) in [5, 5.41) is 2.85. The van der Waals surface area contributed by atoms with Gasteiger partial charge in [-0.3, -0.25) is 4.79 Å². The summed E-state index contributed by atoms with van der Waals surface area (Å²) in [4.78, 5) is 19.3. The zero-order valence-corrected chi connectivity index (χ0v) is 15.9. The number of benzene rings is 1. The molecule has 27 heavy (non-hydrogen) atoms. The van der Waals surface area contributed by atoms with E-state index in [1.807, 2.05) is 6.07 Å². The second-order valence-electron chi connectivity index (χ2n) is 6.32. The first-order valence-electron chi connectivity index (χ1n) is 8.98. The van der Waals surface area contributed by atoms with Gasteiger partial charge >= 0.3 is 0 Å². The molecule has 1 saturated heterocycles. The van der Waals surface area contributed by atoms with Gasteiger partial charge in [0, 0.05) is 37.1 Å². The summed E-state index contributed by atoms with van der Waals surface area (Å²) in [5.41, 5.74) is 1.04. The quantitative estimate of drug-likeness (QED) is 0.840. The van der Waals surface area contributed by atoms with Gasteiger partial charge in [-0.05, 0) is 31.4 Å². The minimum atomic E-state index is -0.248. The number of aromatic nitrogens is 1. The van der Waals surface area contributed by atoms with E-state index in [1.54, 1.807) is 24.4 Å². The number of rotatable bonds is 6. The van der Waals surface area contributed by atoms with Crippen molar-refractivity contribution in [1.82, 2.24) is 4.98 Å². The number of carbonyl (C=O) groups is 1. The summed E-state index contributed by atoms with van der Waals surface area (Å²) in [7, 11) is 4.60. The highest BCUT2D eigenvalue weighted by Gasteiger charge is 2.16. The van der Waals surface area contributed by atoms with Crippen molar-refractivity contribution in [3.05, 3.63) is 36.0 Å². The van der Waals surface area contributed by atoms with E-state index >= 15 is 0 Å². The largest absolute Gasteiger partial charge is 0.493 e. The van der Waals surface area contributed by atoms with Crippen LogP contribution in [0.3, 0.4) is 0 Å². The van der Waals surface area contributed by atoms with Crippen LogP contribution in [0.2, 0.25) is 0 Å². The minimum Gasteiger partial charge on any atom is -0.493 e. The van der Waals surface area contributed by atoms with E-state index in [2.05, 4.69) is 15.2 Å². The molecular formula is C20H25N3O4. The Kier molecular flexibility index (Phi) is 6.01. The van der Waals surface area contributed by atoms with Crippen molar-refractivity contribution in [2.75, 3.05) is 44.6 Å². The maximum Gasteiger partial charge on any atom is 0.257 e. The predicted octanol–water partition coefficient (Wildman–Crippen LogP) is 3.35. The first-order chi connectivity index (χ1) is 13.2. The third-order valence-corrected chi connectivity index (χ3v) is 4.61. The van der Waals surface area contributed by atoms with Gasteiger partial charge in [0.05, 0.1) is 26.9 Å². The van der Waals surface area contributed by atoms with Gasteiger partial charge in [0.2, 0.25) is 5.75 Å². The van der Waals surface area contributed by atoms with Crippen LogP contribution in [0.5, 0.6) is 17.2 Å². The molecule has 0 atom stereocenters. The molecule has 2 heterocycles. The number of ether oxygens (including phenoxy) is 3. The number of nitrogens with one attached hydrogen (secondary N) is 1. The normalized spacial score (nSPS) is 13.8. The highest BCUT2D eigenvalue weighted by molar-refractivity contribution is 6.04. The van der Waals surface area contributed by atoms with Crippen molar-refractivity contribution in [2.24, 2.45) is 0 Å². The molecule has 7 heteroatoms. The Morgan fingerprint density at radius 3 is 2.19 bits per heavy atom. The first kappa shape index (κ1) is 18.8. The van der Waals surface area contributed by atoms with Gasteiger partial charge in [-0.2, -0.15) is 0 Å². The second kappa shape index (κ2) is 8.62. The third-order valence-electron chi connectivity index (χ3n) is 4.61. The molecule has 7 nitrogen and oxygen atoms in total. The zero-order valence-electron chi connectivity index (χ0n) is 15.9. The standard InChI is InChI=1S/C20H25N3O4/c1-25-16-11-15(12-17(26-2)19(16)27-3)22-20(24)14-7-8-18(21-13-14)23-9-5-4-6-10-23/h7-8,11-13H,4-6,9-10H2,1-3H3,(H,22,24). The number of amides is 1. The molecule has 0 aliphatic carbocycles. The molecular weight excluding hydrogens is 346 g/mol. The predicted molar refractivity (Wildman–Crippen MR) is 104 cm³/mol. The third kappa shape index (κ3) is 4.24. The van der Waals surface area contributed by atoms with Crippen molar-refractivity contribution >= 4 is 17.4 Å². The van der Waals surface area contributed by atoms with Crippen LogP contribution in [0.4, 0.5) is 11.5 Å². The van der Waals surface area contributed by atoms with E-state index in [4.69, 9.17) is 14.2 Å². The maximum absolute atomic E-state index is 12.6. The Morgan fingerprint density at radius 1 is 1.00 bits per heavy atom. The van der Waals surface area contributed by atoms with Crippen molar-refractivity contribution in [1.29, 1.82) is 0 Å². The monoisotopic (exact) mass is 371 g/mol. The lowest BCUT2D eigenvalue weighted by Gasteiger charge is -2.27. The fourth-order valence-electron chi connectivity index (χ4n) is 3.19. The van der Waals surface area contributed by atoms with Crippen LogP contribution in [-0.2, 0) is 0 Å². The number of carbonyl (C=O) groups excluding carboxylic acids is 1. The first-order valence-corrected chi connectivity index (χ1v) is 8.98. The van der Waals surface area contributed by atoms with E-state index in [1.165, 1.54) is 40.6 Å². The summed E-state index contributed by atoms with van der Waals surface area (Å²) >= 11 is 0. The Bertz CT molecular complexity index is 761. The molecule has 1 aliphatic heterocycles. The molecule has 1 aromatic heterocycles. The number of hydrogen-bond donors (Lipinski definition) is 1. The highest BCUT2D eigenvalue weighted by Crippen LogP contribution is 2.40. The van der Waals surface area contributed by atoms with E-state index in [0.717, 1.165) is 18.9 Å². The summed E-state index contributed by atoms with van der Waals surface area (Å²) in [5.74, 6) is 2.10. The molecule has 0 spiro atoms. The van der Waals surface area contributed by atoms with Gasteiger partial charge in [0.15, 0.2) is 11.5 Å². The highest BCUT2D eigenvalue weighted by atomic mass is 16.5. The number of methoxy groups -OCH3 is 3. The average molecular weight is 371 g/mol. The molecule has 1 aliphatic rings. The molecule has 3 rings (SSSR count). The van der Waals surface area contributed by atoms with Crippen LogP contribution in [0.25, 0.3) is 0 Å². The fraction of sp³-hybridized carbons (Fsp3) is 0.400. The van der Waals surface area contributed by atoms with Gasteiger partial charge in [0.1, 0.15) is 5.82 Å². The van der Waals surface area contributed by atoms with Gasteiger partial charge in [0.25, 0.3) is 5.91 Å². The van der Waals surface area contributed by atoms with Crippen molar-refractivity contribution in [3.63, 3.8) is 0 Å². The van der Waals surface area contributed by atoms with Crippen LogP contribution in [0.1, 0.15) is 29.6 Å². The fourth-order valence-corrected chi connectivity index (χ4v) is 3.19. The summed E-state index contributed by atoms with van der Waals surface area (Å²) < 4.78 is 15.9. The van der Waals surface area contributed by atoms with Gasteiger partial charge in [-0.1, -0.05) is 0 Å². The van der Waals surface area contributed by atoms with Crippen LogP contribution in [0.15, 0.2) is 30.5 Å². The Balaban J connectivity index is 1.75. The molecule has 2 aromatic rings. The summed E-state index contributed by atoms with van der Waals surface area (Å²) in [6.45, 7) is 2.04. The van der Waals surface area contributed by atoms with Crippen LogP contribution < -0.4 is 24.4 Å². The van der Waals surface area contributed by atoms with E-state index < -0.39 is 0 Å². The molecule has 0 unspecified atom stereocenters. The van der Waals surface area contributed by atoms with E-state index in [9.17, 15) is 4.79 Å². The number of piperidine rings is 1. The van der Waals surface area contributed by atoms with E-state index in [-0.39, 0.29) is 5.91 Å². The summed E-state index contributed by atoms with van der Waals surface area (Å²) in [6, 6.07) is 7.07. The van der Waals surface area contributed by atoms with Crippen LogP contribution >= 0.6 is 0 Å². The SMILES string of the molecule is COc1cc(NC(=O)c2ccc(N3CCCCC3)nc2)cc(OC)c1OC. The van der Waals surface area contributed by atoms with Crippen molar-refractivity contribution in [3.8, 4) is 17.2 Å². The van der Waals surface area contributed by atoms with Gasteiger partial charge < -0.3 is 24.4 Å². The topological polar surface area (TPSA) is 72.9 Å². The van der Waals surface area contributed by atoms with Crippen LogP contribution in [-0.4, -0.2) is 45.3 Å². The lowest BCUT2D eigenvalue weighted by atomic mass is 10.1. The lowest BCUT2D eigenvalue weighted by molar-refractivity contribution is 0.102. The number of hydrogen-bond acceptors (Lipinski definition) is 6. The molecule has 0 bridgehead atoms. The minimum absolute atomic E-state index is 0.248. The molecule has 144 valence electrons. The van der Waals surface area contributed by atoms with Gasteiger partial charge in [-0.25, -0.2) is 4.98 Å².